The molecule has 1 fully saturated rings. The molecule has 1 aliphatic rings. The second-order valence-corrected chi connectivity index (χ2v) is 11.1. The van der Waals surface area contributed by atoms with Crippen LogP contribution in [0.3, 0.4) is 0 Å². The number of benzene rings is 2. The van der Waals surface area contributed by atoms with Crippen LogP contribution in [0.4, 0.5) is 13.9 Å². The number of carbonyl (C=O) groups is 1. The Morgan fingerprint density at radius 2 is 1.97 bits per heavy atom. The van der Waals surface area contributed by atoms with E-state index in [1.54, 1.807) is 0 Å². The van der Waals surface area contributed by atoms with Crippen LogP contribution < -0.4 is 10.1 Å². The molecule has 0 bridgehead atoms. The van der Waals surface area contributed by atoms with E-state index in [0.717, 1.165) is 23.5 Å². The fraction of sp³-hybridized carbons (Fsp3) is 0.200. The first-order valence-corrected chi connectivity index (χ1v) is 12.3. The van der Waals surface area contributed by atoms with E-state index in [2.05, 4.69) is 16.5 Å². The molecule has 1 aliphatic carbocycles. The van der Waals surface area contributed by atoms with Gasteiger partial charge in [-0.15, -0.1) is 0 Å². The number of aromatic nitrogens is 1. The maximum atomic E-state index is 14.2. The largest absolute Gasteiger partial charge is 0.473 e. The number of halogens is 4. The van der Waals surface area contributed by atoms with Gasteiger partial charge in [-0.3, -0.25) is 10.1 Å². The average Bonchev–Trinajstić information content (AvgIpc) is 3.51. The summed E-state index contributed by atoms with van der Waals surface area (Å²) in [6, 6.07) is 6.52. The molecule has 0 spiro atoms. The maximum Gasteiger partial charge on any atom is 0.271 e. The van der Waals surface area contributed by atoms with E-state index in [-0.39, 0.29) is 30.7 Å². The van der Waals surface area contributed by atoms with Gasteiger partial charge in [0, 0.05) is 11.6 Å². The summed E-state index contributed by atoms with van der Waals surface area (Å²) < 4.78 is 58.3. The highest BCUT2D eigenvalue weighted by atomic mass is 35.5. The van der Waals surface area contributed by atoms with Crippen molar-refractivity contribution in [1.29, 1.82) is 0 Å². The predicted molar refractivity (Wildman–Crippen MR) is 116 cm³/mol. The van der Waals surface area contributed by atoms with Crippen molar-refractivity contribution in [3.8, 4) is 5.75 Å². The van der Waals surface area contributed by atoms with Crippen LogP contribution in [0, 0.1) is 17.8 Å². The first-order valence-electron chi connectivity index (χ1n) is 9.15. The summed E-state index contributed by atoms with van der Waals surface area (Å²) in [6.07, 6.45) is 2.11. The van der Waals surface area contributed by atoms with Gasteiger partial charge in [-0.2, -0.15) is 0 Å². The van der Waals surface area contributed by atoms with Crippen LogP contribution in [-0.4, -0.2) is 24.6 Å². The Balaban J connectivity index is 1.69. The number of anilines is 1. The van der Waals surface area contributed by atoms with Crippen molar-refractivity contribution >= 4 is 55.4 Å². The summed E-state index contributed by atoms with van der Waals surface area (Å²) in [4.78, 5) is 16.7. The van der Waals surface area contributed by atoms with Crippen LogP contribution in [0.2, 0.25) is 9.36 Å². The molecule has 2 aromatic carbocycles. The molecule has 167 valence electrons. The molecule has 1 aromatic heterocycles. The molecule has 1 saturated carbocycles. The van der Waals surface area contributed by atoms with Gasteiger partial charge in [-0.05, 0) is 37.1 Å². The second kappa shape index (κ2) is 8.93. The number of rotatable bonds is 7. The fourth-order valence-electron chi connectivity index (χ4n) is 2.89. The number of ether oxygens (including phenoxy) is 1. The molecule has 0 aliphatic heterocycles. The smallest absolute Gasteiger partial charge is 0.271 e. The van der Waals surface area contributed by atoms with Crippen molar-refractivity contribution in [3.05, 3.63) is 69.2 Å². The monoisotopic (exact) mass is 517 g/mol. The Hall–Kier alpha value is -2.27. The van der Waals surface area contributed by atoms with E-state index in [1.165, 1.54) is 18.2 Å². The first kappa shape index (κ1) is 22.9. The molecule has 1 N–H and O–H groups in total. The highest BCUT2D eigenvalue weighted by Crippen LogP contribution is 2.38. The molecule has 6 nitrogen and oxygen atoms in total. The van der Waals surface area contributed by atoms with E-state index in [9.17, 15) is 22.0 Å². The number of carbonyl (C=O) groups excluding carboxylic acids is 1. The Kier molecular flexibility index (Phi) is 6.39. The fourth-order valence-corrected chi connectivity index (χ4v) is 5.87. The van der Waals surface area contributed by atoms with Crippen molar-refractivity contribution in [1.82, 2.24) is 4.98 Å². The van der Waals surface area contributed by atoms with Gasteiger partial charge in [0.15, 0.2) is 26.5 Å². The quantitative estimate of drug-likeness (QED) is 0.464. The number of sulfone groups is 1. The first-order chi connectivity index (χ1) is 15.1. The molecular formula is C20H13Cl2F2N2O4S2. The zero-order valence-electron chi connectivity index (χ0n) is 15.9. The zero-order valence-corrected chi connectivity index (χ0v) is 19.1. The van der Waals surface area contributed by atoms with Gasteiger partial charge in [0.05, 0.1) is 15.2 Å². The lowest BCUT2D eigenvalue weighted by Gasteiger charge is -2.20. The topological polar surface area (TPSA) is 85.4 Å². The number of hydrogen-bond donors (Lipinski definition) is 1. The van der Waals surface area contributed by atoms with Gasteiger partial charge in [0.1, 0.15) is 16.4 Å². The zero-order chi connectivity index (χ0) is 23.0. The molecule has 1 unspecified atom stereocenters. The van der Waals surface area contributed by atoms with Crippen molar-refractivity contribution in [2.45, 2.75) is 29.1 Å². The third kappa shape index (κ3) is 4.88. The van der Waals surface area contributed by atoms with E-state index in [4.69, 9.17) is 27.9 Å². The summed E-state index contributed by atoms with van der Waals surface area (Å²) in [6.45, 7) is 0. The minimum atomic E-state index is -3.58. The summed E-state index contributed by atoms with van der Waals surface area (Å²) in [7, 11) is -3.58. The normalized spacial score (nSPS) is 14.8. The van der Waals surface area contributed by atoms with Crippen LogP contribution in [0.15, 0.2) is 41.3 Å². The lowest BCUT2D eigenvalue weighted by Crippen LogP contribution is -2.26. The highest BCUT2D eigenvalue weighted by Gasteiger charge is 2.38. The Morgan fingerprint density at radius 3 is 2.56 bits per heavy atom. The highest BCUT2D eigenvalue weighted by molar-refractivity contribution is 7.92. The number of hydrogen-bond acceptors (Lipinski definition) is 6. The van der Waals surface area contributed by atoms with E-state index in [1.807, 2.05) is 0 Å². The van der Waals surface area contributed by atoms with E-state index < -0.39 is 38.7 Å². The summed E-state index contributed by atoms with van der Waals surface area (Å²) in [5, 5.41) is 2.02. The Labute approximate surface area is 196 Å². The third-order valence-electron chi connectivity index (χ3n) is 4.57. The second-order valence-electron chi connectivity index (χ2n) is 6.90. The summed E-state index contributed by atoms with van der Waals surface area (Å²) in [5.41, 5.74) is 0.151. The lowest BCUT2D eigenvalue weighted by molar-refractivity contribution is -0.123. The van der Waals surface area contributed by atoms with Crippen LogP contribution in [0.25, 0.3) is 0 Å². The summed E-state index contributed by atoms with van der Waals surface area (Å²) in [5.74, 6) is -2.99. The molecular weight excluding hydrogens is 505 g/mol. The number of thiazole rings is 1. The molecule has 1 radical (unpaired) electrons. The summed E-state index contributed by atoms with van der Waals surface area (Å²) >= 11 is 12.9. The lowest BCUT2D eigenvalue weighted by atomic mass is 10.1. The standard InChI is InChI=1S/C20H13Cl2F2N2O4S2/c21-13-7-10(1-6-16(13)32(28,29)12-3-4-12)18(19(27)26-20-25-9-17(22)31-20)30-15-5-2-11(23)8-14(15)24/h1-2,5-8,12,18H,3-4H2,(H,25,26,27). The van der Waals surface area contributed by atoms with Crippen molar-refractivity contribution in [3.63, 3.8) is 0 Å². The van der Waals surface area contributed by atoms with Gasteiger partial charge in [0.2, 0.25) is 6.10 Å². The van der Waals surface area contributed by atoms with Gasteiger partial charge >= 0.3 is 0 Å². The number of nitrogens with zero attached hydrogens (tertiary/aromatic N) is 1. The Bertz CT molecular complexity index is 1300. The molecule has 0 saturated heterocycles. The van der Waals surface area contributed by atoms with Crippen molar-refractivity contribution in [2.24, 2.45) is 0 Å². The van der Waals surface area contributed by atoms with Crippen molar-refractivity contribution < 1.29 is 26.7 Å². The molecule has 1 amide bonds. The van der Waals surface area contributed by atoms with E-state index in [0.29, 0.717) is 18.9 Å². The molecule has 12 heteroatoms. The van der Waals surface area contributed by atoms with E-state index >= 15 is 0 Å². The van der Waals surface area contributed by atoms with Gasteiger partial charge in [0.25, 0.3) is 5.91 Å². The number of nitrogens with one attached hydrogen (secondary N) is 1. The SMILES string of the molecule is O=C(Nc1n[c]c(Cl)s1)C(Oc1ccc(F)cc1F)c1ccc(S(=O)(=O)C2CC2)c(Cl)c1. The van der Waals surface area contributed by atoms with Gasteiger partial charge in [-0.25, -0.2) is 22.2 Å². The van der Waals surface area contributed by atoms with Crippen LogP contribution in [0.5, 0.6) is 5.75 Å². The average molecular weight is 518 g/mol. The van der Waals surface area contributed by atoms with Crippen LogP contribution >= 0.6 is 34.5 Å². The number of amides is 1. The minimum absolute atomic E-state index is 0.0566. The molecule has 1 heterocycles. The molecule has 3 aromatic rings. The minimum Gasteiger partial charge on any atom is -0.473 e. The molecule has 1 atom stereocenters. The predicted octanol–water partition coefficient (Wildman–Crippen LogP) is 5.22. The molecule has 4 rings (SSSR count). The Morgan fingerprint density at radius 1 is 1.22 bits per heavy atom. The van der Waals surface area contributed by atoms with Crippen LogP contribution in [0.1, 0.15) is 24.5 Å². The van der Waals surface area contributed by atoms with Gasteiger partial charge < -0.3 is 4.74 Å². The van der Waals surface area contributed by atoms with Crippen molar-refractivity contribution in [2.75, 3.05) is 5.32 Å². The molecule has 32 heavy (non-hydrogen) atoms. The third-order valence-corrected chi connectivity index (χ3v) is 8.28. The van der Waals surface area contributed by atoms with Crippen LogP contribution in [-0.2, 0) is 14.6 Å². The van der Waals surface area contributed by atoms with Gasteiger partial charge in [-0.1, -0.05) is 40.6 Å². The maximum absolute atomic E-state index is 14.2.